The Kier molecular flexibility index (Phi) is 4.77. The first-order valence-electron chi connectivity index (χ1n) is 8.61. The lowest BCUT2D eigenvalue weighted by Gasteiger charge is -2.15. The van der Waals surface area contributed by atoms with Gasteiger partial charge in [-0.2, -0.15) is 0 Å². The van der Waals surface area contributed by atoms with E-state index in [2.05, 4.69) is 0 Å². The van der Waals surface area contributed by atoms with Gasteiger partial charge in [0.05, 0.1) is 24.3 Å². The van der Waals surface area contributed by atoms with Crippen molar-refractivity contribution < 1.29 is 9.84 Å². The SMILES string of the molecule is COc1ccccc1-n1c(SC[C@H](C)O)nc2sc3c(c2c1=O)CCC3. The minimum atomic E-state index is -0.480. The maximum Gasteiger partial charge on any atom is 0.267 e. The average Bonchev–Trinajstić information content (AvgIpc) is 3.20. The van der Waals surface area contributed by atoms with Crippen molar-refractivity contribution >= 4 is 33.3 Å². The van der Waals surface area contributed by atoms with Crippen molar-refractivity contribution in [1.82, 2.24) is 9.55 Å². The molecule has 0 amide bonds. The van der Waals surface area contributed by atoms with Gasteiger partial charge in [0.15, 0.2) is 5.16 Å². The summed E-state index contributed by atoms with van der Waals surface area (Å²) in [6.07, 6.45) is 2.59. The van der Waals surface area contributed by atoms with E-state index >= 15 is 0 Å². The van der Waals surface area contributed by atoms with Crippen LogP contribution in [0.5, 0.6) is 5.75 Å². The van der Waals surface area contributed by atoms with Crippen molar-refractivity contribution in [3.63, 3.8) is 0 Å². The zero-order valence-electron chi connectivity index (χ0n) is 14.7. The molecule has 26 heavy (non-hydrogen) atoms. The van der Waals surface area contributed by atoms with E-state index in [1.54, 1.807) is 29.9 Å². The van der Waals surface area contributed by atoms with Crippen LogP contribution in [0.3, 0.4) is 0 Å². The lowest BCUT2D eigenvalue weighted by atomic mass is 10.2. The molecular weight excluding hydrogens is 368 g/mol. The molecule has 0 saturated heterocycles. The molecule has 0 aliphatic heterocycles. The number of hydrogen-bond acceptors (Lipinski definition) is 6. The summed E-state index contributed by atoms with van der Waals surface area (Å²) < 4.78 is 7.12. The van der Waals surface area contributed by atoms with Crippen molar-refractivity contribution in [3.8, 4) is 11.4 Å². The predicted octanol–water partition coefficient (Wildman–Crippen LogP) is 3.42. The molecule has 1 aliphatic carbocycles. The van der Waals surface area contributed by atoms with Crippen molar-refractivity contribution in [2.75, 3.05) is 12.9 Å². The van der Waals surface area contributed by atoms with E-state index < -0.39 is 6.10 Å². The summed E-state index contributed by atoms with van der Waals surface area (Å²) in [5, 5.41) is 11.0. The highest BCUT2D eigenvalue weighted by atomic mass is 32.2. The smallest absolute Gasteiger partial charge is 0.267 e. The van der Waals surface area contributed by atoms with Crippen LogP contribution in [-0.2, 0) is 12.8 Å². The van der Waals surface area contributed by atoms with Crippen LogP contribution in [0.4, 0.5) is 0 Å². The predicted molar refractivity (Wildman–Crippen MR) is 106 cm³/mol. The summed E-state index contributed by atoms with van der Waals surface area (Å²) in [5.74, 6) is 1.10. The number of thiophene rings is 1. The van der Waals surface area contributed by atoms with Crippen LogP contribution < -0.4 is 10.3 Å². The Bertz CT molecular complexity index is 1020. The van der Waals surface area contributed by atoms with Gasteiger partial charge in [0, 0.05) is 10.6 Å². The summed E-state index contributed by atoms with van der Waals surface area (Å²) in [5.41, 5.74) is 1.80. The van der Waals surface area contributed by atoms with Gasteiger partial charge < -0.3 is 9.84 Å². The van der Waals surface area contributed by atoms with E-state index in [0.717, 1.165) is 29.5 Å². The molecular formula is C19H20N2O3S2. The number of aryl methyl sites for hydroxylation is 2. The number of benzene rings is 1. The Labute approximate surface area is 159 Å². The van der Waals surface area contributed by atoms with Crippen molar-refractivity contribution in [2.24, 2.45) is 0 Å². The highest BCUT2D eigenvalue weighted by Crippen LogP contribution is 2.36. The fraction of sp³-hybridized carbons (Fsp3) is 0.368. The van der Waals surface area contributed by atoms with Crippen LogP contribution in [-0.4, -0.2) is 33.6 Å². The molecule has 2 aromatic heterocycles. The van der Waals surface area contributed by atoms with E-state index in [1.165, 1.54) is 22.2 Å². The van der Waals surface area contributed by atoms with Gasteiger partial charge in [-0.15, -0.1) is 11.3 Å². The topological polar surface area (TPSA) is 64.3 Å². The van der Waals surface area contributed by atoms with Gasteiger partial charge in [0.2, 0.25) is 0 Å². The summed E-state index contributed by atoms with van der Waals surface area (Å²) >= 11 is 3.02. The number of rotatable bonds is 5. The molecule has 2 heterocycles. The van der Waals surface area contributed by atoms with Gasteiger partial charge in [0.1, 0.15) is 10.6 Å². The quantitative estimate of drug-likeness (QED) is 0.536. The first-order valence-corrected chi connectivity index (χ1v) is 10.4. The first kappa shape index (κ1) is 17.6. The monoisotopic (exact) mass is 388 g/mol. The molecule has 3 aromatic rings. The Hall–Kier alpha value is -1.83. The molecule has 1 aromatic carbocycles. The van der Waals surface area contributed by atoms with E-state index in [9.17, 15) is 9.90 Å². The third-order valence-corrected chi connectivity index (χ3v) is 6.85. The van der Waals surface area contributed by atoms with Gasteiger partial charge in [0.25, 0.3) is 5.56 Å². The second-order valence-corrected chi connectivity index (χ2v) is 8.48. The molecule has 0 radical (unpaired) electrons. The zero-order valence-corrected chi connectivity index (χ0v) is 16.3. The van der Waals surface area contributed by atoms with E-state index in [0.29, 0.717) is 22.3 Å². The Morgan fingerprint density at radius 3 is 2.96 bits per heavy atom. The third-order valence-electron chi connectivity index (χ3n) is 4.49. The number of nitrogens with zero attached hydrogens (tertiary/aromatic N) is 2. The molecule has 5 nitrogen and oxygen atoms in total. The van der Waals surface area contributed by atoms with E-state index in [4.69, 9.17) is 9.72 Å². The lowest BCUT2D eigenvalue weighted by molar-refractivity contribution is 0.220. The van der Waals surface area contributed by atoms with E-state index in [-0.39, 0.29) is 5.56 Å². The molecule has 0 saturated carbocycles. The first-order chi connectivity index (χ1) is 12.6. The van der Waals surface area contributed by atoms with Gasteiger partial charge in [-0.05, 0) is 43.9 Å². The molecule has 0 fully saturated rings. The van der Waals surface area contributed by atoms with E-state index in [1.807, 2.05) is 24.3 Å². The van der Waals surface area contributed by atoms with Crippen LogP contribution in [0.25, 0.3) is 15.9 Å². The maximum absolute atomic E-state index is 13.5. The largest absolute Gasteiger partial charge is 0.495 e. The number of hydrogen-bond donors (Lipinski definition) is 1. The second kappa shape index (κ2) is 7.06. The molecule has 0 bridgehead atoms. The minimum Gasteiger partial charge on any atom is -0.495 e. The standard InChI is InChI=1S/C19H20N2O3S2/c1-11(22)10-25-19-20-17-16(12-6-5-9-15(12)26-17)18(23)21(19)13-7-3-4-8-14(13)24-2/h3-4,7-8,11,22H,5-6,9-10H2,1-2H3/t11-/m0/s1. The maximum atomic E-state index is 13.5. The molecule has 1 atom stereocenters. The summed E-state index contributed by atoms with van der Waals surface area (Å²) in [4.78, 5) is 20.4. The fourth-order valence-corrected chi connectivity index (χ4v) is 5.51. The highest BCUT2D eigenvalue weighted by molar-refractivity contribution is 7.99. The Balaban J connectivity index is 2.00. The average molecular weight is 389 g/mol. The molecule has 4 rings (SSSR count). The summed E-state index contributed by atoms with van der Waals surface area (Å²) in [6.45, 7) is 1.73. The van der Waals surface area contributed by atoms with Crippen LogP contribution in [0.1, 0.15) is 23.8 Å². The van der Waals surface area contributed by atoms with Crippen LogP contribution in [0, 0.1) is 0 Å². The van der Waals surface area contributed by atoms with Crippen molar-refractivity contribution in [3.05, 3.63) is 45.1 Å². The molecule has 136 valence electrons. The Morgan fingerprint density at radius 1 is 1.38 bits per heavy atom. The van der Waals surface area contributed by atoms with Crippen LogP contribution in [0.15, 0.2) is 34.2 Å². The molecule has 1 N–H and O–H groups in total. The molecule has 7 heteroatoms. The highest BCUT2D eigenvalue weighted by Gasteiger charge is 2.24. The van der Waals surface area contributed by atoms with Crippen LogP contribution in [0.2, 0.25) is 0 Å². The van der Waals surface area contributed by atoms with Gasteiger partial charge >= 0.3 is 0 Å². The number of aliphatic hydroxyl groups is 1. The number of para-hydroxylation sites is 2. The van der Waals surface area contributed by atoms with Gasteiger partial charge in [-0.25, -0.2) is 4.98 Å². The number of fused-ring (bicyclic) bond motifs is 3. The Morgan fingerprint density at radius 2 is 2.19 bits per heavy atom. The summed E-state index contributed by atoms with van der Waals surface area (Å²) in [7, 11) is 1.60. The van der Waals surface area contributed by atoms with Crippen molar-refractivity contribution in [2.45, 2.75) is 37.4 Å². The van der Waals surface area contributed by atoms with Gasteiger partial charge in [-0.1, -0.05) is 23.9 Å². The van der Waals surface area contributed by atoms with Crippen LogP contribution >= 0.6 is 23.1 Å². The third kappa shape index (κ3) is 2.94. The number of aliphatic hydroxyl groups excluding tert-OH is 1. The number of thioether (sulfide) groups is 1. The van der Waals surface area contributed by atoms with Gasteiger partial charge in [-0.3, -0.25) is 9.36 Å². The summed E-state index contributed by atoms with van der Waals surface area (Å²) in [6, 6.07) is 7.47. The number of methoxy groups -OCH3 is 1. The normalized spacial score (nSPS) is 14.6. The lowest BCUT2D eigenvalue weighted by Crippen LogP contribution is -2.23. The fourth-order valence-electron chi connectivity index (χ4n) is 3.34. The second-order valence-electron chi connectivity index (χ2n) is 6.40. The minimum absolute atomic E-state index is 0.0491. The molecule has 0 unspecified atom stereocenters. The number of aromatic nitrogens is 2. The number of ether oxygens (including phenoxy) is 1. The molecule has 1 aliphatic rings. The van der Waals surface area contributed by atoms with Crippen molar-refractivity contribution in [1.29, 1.82) is 0 Å². The zero-order chi connectivity index (χ0) is 18.3. The molecule has 0 spiro atoms.